The van der Waals surface area contributed by atoms with Crippen molar-refractivity contribution in [2.45, 2.75) is 44.3 Å². The van der Waals surface area contributed by atoms with Crippen LogP contribution in [0.4, 0.5) is 5.95 Å². The number of hydrogen-bond donors (Lipinski definition) is 1. The first kappa shape index (κ1) is 12.4. The highest BCUT2D eigenvalue weighted by Gasteiger charge is 2.35. The van der Waals surface area contributed by atoms with Gasteiger partial charge in [0.25, 0.3) is 11.8 Å². The fraction of sp³-hybridized carbons (Fsp3) is 0.750. The van der Waals surface area contributed by atoms with E-state index in [0.29, 0.717) is 24.7 Å². The predicted molar refractivity (Wildman–Crippen MR) is 64.8 cm³/mol. The van der Waals surface area contributed by atoms with Crippen molar-refractivity contribution < 1.29 is 19.2 Å². The van der Waals surface area contributed by atoms with E-state index in [1.165, 1.54) is 6.42 Å². The third kappa shape index (κ3) is 2.56. The Hall–Kier alpha value is -1.63. The van der Waals surface area contributed by atoms with Crippen LogP contribution in [0.15, 0.2) is 4.52 Å². The Kier molecular flexibility index (Phi) is 3.37. The maximum absolute atomic E-state index is 10.8. The van der Waals surface area contributed by atoms with Gasteiger partial charge in [-0.15, -0.1) is 0 Å². The molecule has 19 heavy (non-hydrogen) atoms. The summed E-state index contributed by atoms with van der Waals surface area (Å²) in [5.41, 5.74) is 0. The molecule has 104 valence electrons. The number of rotatable bonds is 3. The summed E-state index contributed by atoms with van der Waals surface area (Å²) in [6, 6.07) is 0. The molecule has 0 bridgehead atoms. The van der Waals surface area contributed by atoms with E-state index in [0.717, 1.165) is 25.9 Å². The van der Waals surface area contributed by atoms with Crippen molar-refractivity contribution in [1.82, 2.24) is 10.1 Å². The third-order valence-electron chi connectivity index (χ3n) is 3.64. The molecule has 2 unspecified atom stereocenters. The van der Waals surface area contributed by atoms with Gasteiger partial charge in [0.1, 0.15) is 6.10 Å². The van der Waals surface area contributed by atoms with E-state index in [9.17, 15) is 4.79 Å². The van der Waals surface area contributed by atoms with Crippen LogP contribution < -0.4 is 4.90 Å². The van der Waals surface area contributed by atoms with Gasteiger partial charge in [-0.25, -0.2) is 4.79 Å². The quantitative estimate of drug-likeness (QED) is 0.884. The van der Waals surface area contributed by atoms with Crippen LogP contribution in [0.2, 0.25) is 0 Å². The number of aromatic nitrogens is 2. The number of ether oxygens (including phenoxy) is 1. The molecule has 0 saturated carbocycles. The van der Waals surface area contributed by atoms with Gasteiger partial charge in [-0.3, -0.25) is 0 Å². The minimum absolute atomic E-state index is 0.382. The van der Waals surface area contributed by atoms with Gasteiger partial charge in [0.15, 0.2) is 6.10 Å². The lowest BCUT2D eigenvalue weighted by Crippen LogP contribution is -2.30. The van der Waals surface area contributed by atoms with Crippen molar-refractivity contribution >= 4 is 11.9 Å². The molecule has 1 aromatic rings. The number of aliphatic carboxylic acids is 1. The zero-order valence-electron chi connectivity index (χ0n) is 10.6. The smallest absolute Gasteiger partial charge is 0.332 e. The lowest BCUT2D eigenvalue weighted by Gasteiger charge is -2.24. The summed E-state index contributed by atoms with van der Waals surface area (Å²) in [6.45, 7) is 1.89. The molecule has 3 heterocycles. The van der Waals surface area contributed by atoms with E-state index in [1.807, 2.05) is 0 Å². The van der Waals surface area contributed by atoms with Crippen molar-refractivity contribution in [3.8, 4) is 0 Å². The minimum atomic E-state index is -0.932. The minimum Gasteiger partial charge on any atom is -0.479 e. The number of nitrogens with zero attached hydrogens (tertiary/aromatic N) is 3. The highest BCUT2D eigenvalue weighted by molar-refractivity contribution is 5.72. The van der Waals surface area contributed by atoms with Gasteiger partial charge < -0.3 is 19.3 Å². The molecule has 0 spiro atoms. The predicted octanol–water partition coefficient (Wildman–Crippen LogP) is 1.36. The second-order valence-electron chi connectivity index (χ2n) is 5.01. The first-order valence-electron chi connectivity index (χ1n) is 6.71. The largest absolute Gasteiger partial charge is 0.479 e. The Bertz CT molecular complexity index is 456. The second kappa shape index (κ2) is 5.16. The van der Waals surface area contributed by atoms with Crippen LogP contribution in [0.1, 0.15) is 44.1 Å². The molecule has 7 nitrogen and oxygen atoms in total. The molecule has 2 atom stereocenters. The van der Waals surface area contributed by atoms with Gasteiger partial charge in [-0.1, -0.05) is 0 Å². The Morgan fingerprint density at radius 2 is 2.05 bits per heavy atom. The summed E-state index contributed by atoms with van der Waals surface area (Å²) < 4.78 is 10.6. The summed E-state index contributed by atoms with van der Waals surface area (Å²) in [7, 11) is 0. The summed E-state index contributed by atoms with van der Waals surface area (Å²) in [6.07, 6.45) is 3.49. The molecule has 2 fully saturated rings. The first-order valence-corrected chi connectivity index (χ1v) is 6.71. The number of piperidine rings is 1. The van der Waals surface area contributed by atoms with Crippen LogP contribution in [-0.4, -0.2) is 40.4 Å². The molecule has 0 aliphatic carbocycles. The van der Waals surface area contributed by atoms with Gasteiger partial charge in [0.2, 0.25) is 0 Å². The molecule has 7 heteroatoms. The van der Waals surface area contributed by atoms with Crippen LogP contribution >= 0.6 is 0 Å². The first-order chi connectivity index (χ1) is 9.24. The third-order valence-corrected chi connectivity index (χ3v) is 3.64. The van der Waals surface area contributed by atoms with E-state index < -0.39 is 12.1 Å². The Labute approximate surface area is 110 Å². The zero-order chi connectivity index (χ0) is 13.2. The van der Waals surface area contributed by atoms with Crippen LogP contribution in [-0.2, 0) is 9.53 Å². The van der Waals surface area contributed by atoms with E-state index in [2.05, 4.69) is 15.0 Å². The number of carboxylic acids is 1. The van der Waals surface area contributed by atoms with Gasteiger partial charge in [0.05, 0.1) is 0 Å². The standard InChI is InChI=1S/C12H17N3O4/c16-11(17)9-5-4-8(18-9)10-13-12(14-19-10)15-6-2-1-3-7-15/h8-9H,1-7H2,(H,16,17). The van der Waals surface area contributed by atoms with Crippen LogP contribution in [0, 0.1) is 0 Å². The molecular weight excluding hydrogens is 250 g/mol. The normalized spacial score (nSPS) is 27.7. The van der Waals surface area contributed by atoms with Gasteiger partial charge in [-0.05, 0) is 37.3 Å². The lowest BCUT2D eigenvalue weighted by atomic mass is 10.1. The Morgan fingerprint density at radius 3 is 2.74 bits per heavy atom. The highest BCUT2D eigenvalue weighted by atomic mass is 16.6. The number of anilines is 1. The summed E-state index contributed by atoms with van der Waals surface area (Å²) in [5, 5.41) is 12.9. The molecule has 2 saturated heterocycles. The van der Waals surface area contributed by atoms with E-state index >= 15 is 0 Å². The topological polar surface area (TPSA) is 88.7 Å². The van der Waals surface area contributed by atoms with Gasteiger partial charge >= 0.3 is 5.97 Å². The average Bonchev–Trinajstić information content (AvgIpc) is 3.09. The summed E-state index contributed by atoms with van der Waals surface area (Å²) in [4.78, 5) is 17.3. The highest BCUT2D eigenvalue weighted by Crippen LogP contribution is 2.32. The molecule has 0 radical (unpaired) electrons. The maximum Gasteiger partial charge on any atom is 0.332 e. The molecule has 0 amide bonds. The van der Waals surface area contributed by atoms with Crippen LogP contribution in [0.25, 0.3) is 0 Å². The van der Waals surface area contributed by atoms with E-state index in [4.69, 9.17) is 14.4 Å². The van der Waals surface area contributed by atoms with Crippen molar-refractivity contribution in [3.05, 3.63) is 5.89 Å². The number of carboxylic acid groups (broad SMARTS) is 1. The molecule has 0 aromatic carbocycles. The maximum atomic E-state index is 10.8. The molecule has 1 N–H and O–H groups in total. The van der Waals surface area contributed by atoms with Crippen molar-refractivity contribution in [3.63, 3.8) is 0 Å². The van der Waals surface area contributed by atoms with Crippen LogP contribution in [0.5, 0.6) is 0 Å². The molecule has 3 rings (SSSR count). The molecular formula is C12H17N3O4. The van der Waals surface area contributed by atoms with Crippen LogP contribution in [0.3, 0.4) is 0 Å². The zero-order valence-corrected chi connectivity index (χ0v) is 10.6. The van der Waals surface area contributed by atoms with Crippen molar-refractivity contribution in [2.75, 3.05) is 18.0 Å². The number of carbonyl (C=O) groups is 1. The molecule has 2 aliphatic heterocycles. The second-order valence-corrected chi connectivity index (χ2v) is 5.01. The van der Waals surface area contributed by atoms with Gasteiger partial charge in [0, 0.05) is 13.1 Å². The SMILES string of the molecule is O=C(O)C1CCC(c2nc(N3CCCCC3)no2)O1. The fourth-order valence-corrected chi connectivity index (χ4v) is 2.58. The molecule has 2 aliphatic rings. The van der Waals surface area contributed by atoms with Crippen molar-refractivity contribution in [1.29, 1.82) is 0 Å². The number of hydrogen-bond acceptors (Lipinski definition) is 6. The lowest BCUT2D eigenvalue weighted by molar-refractivity contribution is -0.150. The van der Waals surface area contributed by atoms with Crippen molar-refractivity contribution in [2.24, 2.45) is 0 Å². The Morgan fingerprint density at radius 1 is 1.26 bits per heavy atom. The monoisotopic (exact) mass is 267 g/mol. The van der Waals surface area contributed by atoms with E-state index in [1.54, 1.807) is 0 Å². The van der Waals surface area contributed by atoms with Gasteiger partial charge in [-0.2, -0.15) is 4.98 Å². The fourth-order valence-electron chi connectivity index (χ4n) is 2.58. The molecule has 1 aromatic heterocycles. The average molecular weight is 267 g/mol. The Balaban J connectivity index is 1.66. The van der Waals surface area contributed by atoms with E-state index in [-0.39, 0.29) is 6.10 Å². The summed E-state index contributed by atoms with van der Waals surface area (Å²) >= 11 is 0. The summed E-state index contributed by atoms with van der Waals surface area (Å²) in [5.74, 6) is 0.0552.